The summed E-state index contributed by atoms with van der Waals surface area (Å²) in [6.45, 7) is 6.68. The lowest BCUT2D eigenvalue weighted by molar-refractivity contribution is 0.0857. The Morgan fingerprint density at radius 2 is 2.04 bits per heavy atom. The summed E-state index contributed by atoms with van der Waals surface area (Å²) in [4.78, 5) is 23.7. The van der Waals surface area contributed by atoms with Crippen LogP contribution in [-0.2, 0) is 4.74 Å². The second-order valence-corrected chi connectivity index (χ2v) is 6.46. The van der Waals surface area contributed by atoms with E-state index in [2.05, 4.69) is 15.3 Å². The lowest BCUT2D eigenvalue weighted by atomic mass is 10.2. The highest BCUT2D eigenvalue weighted by Crippen LogP contribution is 2.23. The first-order valence-electron chi connectivity index (χ1n) is 9.40. The van der Waals surface area contributed by atoms with Crippen molar-refractivity contribution in [1.82, 2.24) is 15.3 Å². The van der Waals surface area contributed by atoms with Gasteiger partial charge in [-0.25, -0.2) is 14.4 Å². The molecular weight excluding hydrogens is 347 g/mol. The number of hydrogen-bond donors (Lipinski definition) is 1. The standard InChI is InChI=1S/C20H25FN4O2/c1-3-25(4-2)19-17(20(26)23-12-16-6-5-11-27-16)13-22-18(24-19)14-7-9-15(21)10-8-14/h7-10,13,16H,3-6,11-12H2,1-2H3,(H,23,26)/t16-/m0/s1. The van der Waals surface area contributed by atoms with Crippen LogP contribution >= 0.6 is 0 Å². The Hall–Kier alpha value is -2.54. The molecule has 0 unspecified atom stereocenters. The van der Waals surface area contributed by atoms with Crippen LogP contribution in [0.2, 0.25) is 0 Å². The molecule has 27 heavy (non-hydrogen) atoms. The van der Waals surface area contributed by atoms with Crippen LogP contribution in [0, 0.1) is 5.82 Å². The average molecular weight is 372 g/mol. The smallest absolute Gasteiger partial charge is 0.256 e. The predicted molar refractivity (Wildman–Crippen MR) is 102 cm³/mol. The zero-order valence-corrected chi connectivity index (χ0v) is 15.7. The largest absolute Gasteiger partial charge is 0.376 e. The highest BCUT2D eigenvalue weighted by molar-refractivity contribution is 5.98. The SMILES string of the molecule is CCN(CC)c1nc(-c2ccc(F)cc2)ncc1C(=O)NC[C@@H]1CCCO1. The molecule has 1 atom stereocenters. The molecule has 1 aromatic heterocycles. The number of ether oxygens (including phenoxy) is 1. The minimum atomic E-state index is -0.312. The number of halogens is 1. The van der Waals surface area contributed by atoms with Crippen molar-refractivity contribution in [3.8, 4) is 11.4 Å². The van der Waals surface area contributed by atoms with Crippen molar-refractivity contribution in [3.63, 3.8) is 0 Å². The van der Waals surface area contributed by atoms with E-state index in [1.54, 1.807) is 18.3 Å². The molecule has 6 nitrogen and oxygen atoms in total. The third-order valence-electron chi connectivity index (χ3n) is 4.69. The van der Waals surface area contributed by atoms with Gasteiger partial charge in [0.05, 0.1) is 6.10 Å². The van der Waals surface area contributed by atoms with E-state index in [1.807, 2.05) is 18.7 Å². The number of hydrogen-bond acceptors (Lipinski definition) is 5. The van der Waals surface area contributed by atoms with Crippen LogP contribution in [-0.4, -0.2) is 48.2 Å². The fraction of sp³-hybridized carbons (Fsp3) is 0.450. The fourth-order valence-corrected chi connectivity index (χ4v) is 3.14. The van der Waals surface area contributed by atoms with E-state index in [-0.39, 0.29) is 17.8 Å². The second-order valence-electron chi connectivity index (χ2n) is 6.46. The molecule has 1 fully saturated rings. The Bertz CT molecular complexity index is 772. The molecule has 1 aliphatic rings. The zero-order valence-electron chi connectivity index (χ0n) is 15.7. The van der Waals surface area contributed by atoms with Gasteiger partial charge in [0.25, 0.3) is 5.91 Å². The molecule has 1 aliphatic heterocycles. The van der Waals surface area contributed by atoms with E-state index in [0.29, 0.717) is 42.4 Å². The number of carbonyl (C=O) groups is 1. The number of aromatic nitrogens is 2. The van der Waals surface area contributed by atoms with Gasteiger partial charge in [0.15, 0.2) is 5.82 Å². The summed E-state index contributed by atoms with van der Waals surface area (Å²) >= 11 is 0. The quantitative estimate of drug-likeness (QED) is 0.809. The summed E-state index contributed by atoms with van der Waals surface area (Å²) in [7, 11) is 0. The summed E-state index contributed by atoms with van der Waals surface area (Å²) in [6, 6.07) is 6.01. The number of amides is 1. The van der Waals surface area contributed by atoms with Crippen molar-refractivity contribution in [2.75, 3.05) is 31.1 Å². The van der Waals surface area contributed by atoms with Crippen molar-refractivity contribution in [1.29, 1.82) is 0 Å². The molecule has 7 heteroatoms. The molecular formula is C20H25FN4O2. The number of rotatable bonds is 7. The molecule has 0 saturated carbocycles. The van der Waals surface area contributed by atoms with Crippen LogP contribution in [0.1, 0.15) is 37.0 Å². The highest BCUT2D eigenvalue weighted by atomic mass is 19.1. The molecule has 2 heterocycles. The number of carbonyl (C=O) groups excluding carboxylic acids is 1. The average Bonchev–Trinajstić information content (AvgIpc) is 3.21. The van der Waals surface area contributed by atoms with Gasteiger partial charge in [-0.1, -0.05) is 0 Å². The summed E-state index contributed by atoms with van der Waals surface area (Å²) < 4.78 is 18.7. The van der Waals surface area contributed by atoms with E-state index in [1.165, 1.54) is 12.1 Å². The van der Waals surface area contributed by atoms with Crippen molar-refractivity contribution < 1.29 is 13.9 Å². The minimum Gasteiger partial charge on any atom is -0.376 e. The van der Waals surface area contributed by atoms with Crippen LogP contribution < -0.4 is 10.2 Å². The van der Waals surface area contributed by atoms with Crippen LogP contribution in [0.3, 0.4) is 0 Å². The second kappa shape index (κ2) is 8.90. The monoisotopic (exact) mass is 372 g/mol. The van der Waals surface area contributed by atoms with Gasteiger partial charge in [0.1, 0.15) is 17.2 Å². The number of nitrogens with zero attached hydrogens (tertiary/aromatic N) is 3. The minimum absolute atomic E-state index is 0.0743. The van der Waals surface area contributed by atoms with Gasteiger partial charge < -0.3 is 15.0 Å². The van der Waals surface area contributed by atoms with Gasteiger partial charge in [0.2, 0.25) is 0 Å². The van der Waals surface area contributed by atoms with Gasteiger partial charge in [-0.05, 0) is 51.0 Å². The maximum absolute atomic E-state index is 13.2. The summed E-state index contributed by atoms with van der Waals surface area (Å²) in [5.41, 5.74) is 1.14. The lowest BCUT2D eigenvalue weighted by Crippen LogP contribution is -2.34. The predicted octanol–water partition coefficient (Wildman–Crippen LogP) is 3.04. The number of anilines is 1. The molecule has 0 bridgehead atoms. The Kier molecular flexibility index (Phi) is 6.34. The Labute approximate surface area is 158 Å². The first-order chi connectivity index (χ1) is 13.1. The van der Waals surface area contributed by atoms with Crippen molar-refractivity contribution in [3.05, 3.63) is 41.8 Å². The molecule has 1 N–H and O–H groups in total. The third-order valence-corrected chi connectivity index (χ3v) is 4.69. The van der Waals surface area contributed by atoms with E-state index in [9.17, 15) is 9.18 Å². The van der Waals surface area contributed by atoms with Crippen LogP contribution in [0.15, 0.2) is 30.5 Å². The number of benzene rings is 1. The van der Waals surface area contributed by atoms with Crippen LogP contribution in [0.4, 0.5) is 10.2 Å². The van der Waals surface area contributed by atoms with Gasteiger partial charge in [-0.3, -0.25) is 4.79 Å². The third kappa shape index (κ3) is 4.60. The van der Waals surface area contributed by atoms with E-state index in [0.717, 1.165) is 19.4 Å². The van der Waals surface area contributed by atoms with Crippen molar-refractivity contribution in [2.45, 2.75) is 32.8 Å². The molecule has 2 aromatic rings. The van der Waals surface area contributed by atoms with Crippen molar-refractivity contribution >= 4 is 11.7 Å². The summed E-state index contributed by atoms with van der Waals surface area (Å²) in [6.07, 6.45) is 3.61. The highest BCUT2D eigenvalue weighted by Gasteiger charge is 2.21. The van der Waals surface area contributed by atoms with Gasteiger partial charge in [-0.15, -0.1) is 0 Å². The van der Waals surface area contributed by atoms with E-state index in [4.69, 9.17) is 4.74 Å². The fourth-order valence-electron chi connectivity index (χ4n) is 3.14. The van der Waals surface area contributed by atoms with Crippen LogP contribution in [0.25, 0.3) is 11.4 Å². The topological polar surface area (TPSA) is 67.4 Å². The zero-order chi connectivity index (χ0) is 19.2. The number of nitrogens with one attached hydrogen (secondary N) is 1. The van der Waals surface area contributed by atoms with Crippen LogP contribution in [0.5, 0.6) is 0 Å². The van der Waals surface area contributed by atoms with Gasteiger partial charge in [0, 0.05) is 38.0 Å². The summed E-state index contributed by atoms with van der Waals surface area (Å²) in [5, 5.41) is 2.93. The van der Waals surface area contributed by atoms with E-state index >= 15 is 0 Å². The molecule has 1 aromatic carbocycles. The van der Waals surface area contributed by atoms with Gasteiger partial charge in [-0.2, -0.15) is 0 Å². The maximum Gasteiger partial charge on any atom is 0.256 e. The van der Waals surface area contributed by atoms with E-state index < -0.39 is 0 Å². The van der Waals surface area contributed by atoms with Crippen molar-refractivity contribution in [2.24, 2.45) is 0 Å². The molecule has 0 aliphatic carbocycles. The normalized spacial score (nSPS) is 16.3. The Balaban J connectivity index is 1.87. The summed E-state index contributed by atoms with van der Waals surface area (Å²) in [5.74, 6) is 0.526. The molecule has 0 radical (unpaired) electrons. The molecule has 1 saturated heterocycles. The Morgan fingerprint density at radius 1 is 1.30 bits per heavy atom. The first-order valence-corrected chi connectivity index (χ1v) is 9.40. The molecule has 3 rings (SSSR count). The van der Waals surface area contributed by atoms with Gasteiger partial charge >= 0.3 is 0 Å². The Morgan fingerprint density at radius 3 is 2.67 bits per heavy atom. The molecule has 0 spiro atoms. The lowest BCUT2D eigenvalue weighted by Gasteiger charge is -2.23. The first kappa shape index (κ1) is 19.2. The molecule has 1 amide bonds. The maximum atomic E-state index is 13.2. The molecule has 144 valence electrons.